The molecular weight excluding hydrogens is 397 g/mol. The van der Waals surface area contributed by atoms with Crippen LogP contribution in [-0.4, -0.2) is 17.5 Å². The highest BCUT2D eigenvalue weighted by Gasteiger charge is 2.13. The van der Waals surface area contributed by atoms with Gasteiger partial charge in [-0.15, -0.1) is 0 Å². The molecule has 0 saturated heterocycles. The zero-order chi connectivity index (χ0) is 15.9. The smallest absolute Gasteiger partial charge is 0.329 e. The number of nitrogens with one attached hydrogen (secondary N) is 2. The predicted molar refractivity (Wildman–Crippen MR) is 90.1 cm³/mol. The van der Waals surface area contributed by atoms with Crippen LogP contribution in [0.15, 0.2) is 52.2 Å². The Labute approximate surface area is 141 Å². The largest absolute Gasteiger partial charge is 0.467 e. The van der Waals surface area contributed by atoms with Crippen LogP contribution in [0.1, 0.15) is 18.2 Å². The highest BCUT2D eigenvalue weighted by atomic mass is 127. The second-order valence-corrected chi connectivity index (χ2v) is 5.65. The maximum absolute atomic E-state index is 11.6. The number of rotatable bonds is 4. The van der Waals surface area contributed by atoms with Crippen molar-refractivity contribution in [2.45, 2.75) is 13.5 Å². The lowest BCUT2D eigenvalue weighted by molar-refractivity contribution is -0.139. The summed E-state index contributed by atoms with van der Waals surface area (Å²) in [5.74, 6) is -1.02. The minimum atomic E-state index is -0.823. The first-order valence-electron chi connectivity index (χ1n) is 6.47. The Balaban J connectivity index is 1.86. The van der Waals surface area contributed by atoms with Gasteiger partial charge in [-0.05, 0) is 59.3 Å². The summed E-state index contributed by atoms with van der Waals surface area (Å²) in [7, 11) is 0. The van der Waals surface area contributed by atoms with E-state index in [1.165, 1.54) is 6.26 Å². The molecule has 2 rings (SSSR count). The molecule has 0 unspecified atom stereocenters. The Morgan fingerprint density at radius 2 is 1.91 bits per heavy atom. The zero-order valence-corrected chi connectivity index (χ0v) is 14.0. The van der Waals surface area contributed by atoms with Gasteiger partial charge < -0.3 is 9.73 Å². The van der Waals surface area contributed by atoms with E-state index < -0.39 is 11.8 Å². The standard InChI is InChI=1S/C15H14IN3O3/c1-10(11-4-6-12(16)7-5-11)18-19-15(21)14(20)17-9-13-3-2-8-22-13/h2-8H,9H2,1H3,(H,17,20)(H,19,21)/b18-10-. The number of carbonyl (C=O) groups is 2. The van der Waals surface area contributed by atoms with Crippen molar-refractivity contribution >= 4 is 40.1 Å². The van der Waals surface area contributed by atoms with E-state index in [1.54, 1.807) is 19.1 Å². The number of benzene rings is 1. The lowest BCUT2D eigenvalue weighted by Crippen LogP contribution is -2.37. The van der Waals surface area contributed by atoms with Crippen molar-refractivity contribution in [3.63, 3.8) is 0 Å². The number of carbonyl (C=O) groups excluding carboxylic acids is 2. The molecule has 1 aromatic carbocycles. The van der Waals surface area contributed by atoms with Crippen LogP contribution in [0.25, 0.3) is 0 Å². The van der Waals surface area contributed by atoms with Gasteiger partial charge >= 0.3 is 11.8 Å². The van der Waals surface area contributed by atoms with Crippen molar-refractivity contribution in [3.05, 3.63) is 57.6 Å². The van der Waals surface area contributed by atoms with E-state index in [2.05, 4.69) is 38.4 Å². The molecule has 0 aliphatic carbocycles. The van der Waals surface area contributed by atoms with Crippen LogP contribution in [0.3, 0.4) is 0 Å². The van der Waals surface area contributed by atoms with Crippen LogP contribution in [-0.2, 0) is 16.1 Å². The van der Waals surface area contributed by atoms with Crippen molar-refractivity contribution in [2.75, 3.05) is 0 Å². The fraction of sp³-hybridized carbons (Fsp3) is 0.133. The molecule has 2 amide bonds. The van der Waals surface area contributed by atoms with E-state index in [1.807, 2.05) is 24.3 Å². The van der Waals surface area contributed by atoms with Gasteiger partial charge in [-0.3, -0.25) is 9.59 Å². The van der Waals surface area contributed by atoms with Gasteiger partial charge in [-0.25, -0.2) is 5.43 Å². The summed E-state index contributed by atoms with van der Waals surface area (Å²) in [6, 6.07) is 11.1. The molecule has 0 aliphatic heterocycles. The molecule has 0 fully saturated rings. The average molecular weight is 411 g/mol. The quantitative estimate of drug-likeness (QED) is 0.350. The molecule has 6 nitrogen and oxygen atoms in total. The van der Waals surface area contributed by atoms with E-state index >= 15 is 0 Å². The van der Waals surface area contributed by atoms with Crippen molar-refractivity contribution < 1.29 is 14.0 Å². The summed E-state index contributed by atoms with van der Waals surface area (Å²) >= 11 is 2.20. The highest BCUT2D eigenvalue weighted by molar-refractivity contribution is 14.1. The minimum Gasteiger partial charge on any atom is -0.467 e. The van der Waals surface area contributed by atoms with Crippen LogP contribution < -0.4 is 10.7 Å². The van der Waals surface area contributed by atoms with Gasteiger partial charge in [-0.2, -0.15) is 5.10 Å². The molecule has 1 aromatic heterocycles. The SMILES string of the molecule is C/C(=N/NC(=O)C(=O)NCc1ccco1)c1ccc(I)cc1. The molecule has 0 bridgehead atoms. The first-order valence-corrected chi connectivity index (χ1v) is 7.55. The van der Waals surface area contributed by atoms with E-state index in [0.717, 1.165) is 9.13 Å². The van der Waals surface area contributed by atoms with Gasteiger partial charge in [0.2, 0.25) is 0 Å². The number of hydrazone groups is 1. The first kappa shape index (κ1) is 16.2. The lowest BCUT2D eigenvalue weighted by Gasteiger charge is -2.04. The third-order valence-corrected chi connectivity index (χ3v) is 3.52. The van der Waals surface area contributed by atoms with Gasteiger partial charge in [0, 0.05) is 3.57 Å². The van der Waals surface area contributed by atoms with Crippen LogP contribution in [0.5, 0.6) is 0 Å². The molecule has 0 spiro atoms. The van der Waals surface area contributed by atoms with E-state index in [4.69, 9.17) is 4.42 Å². The Hall–Kier alpha value is -2.16. The second kappa shape index (κ2) is 7.74. The summed E-state index contributed by atoms with van der Waals surface area (Å²) in [5, 5.41) is 6.36. The number of nitrogens with zero attached hydrogens (tertiary/aromatic N) is 1. The summed E-state index contributed by atoms with van der Waals surface area (Å²) in [5.41, 5.74) is 3.72. The van der Waals surface area contributed by atoms with Crippen LogP contribution >= 0.6 is 22.6 Å². The second-order valence-electron chi connectivity index (χ2n) is 4.41. The summed E-state index contributed by atoms with van der Waals surface area (Å²) in [6.07, 6.45) is 1.50. The predicted octanol–water partition coefficient (Wildman–Crippen LogP) is 2.04. The molecule has 0 radical (unpaired) electrons. The Bertz CT molecular complexity index is 679. The highest BCUT2D eigenvalue weighted by Crippen LogP contribution is 2.07. The van der Waals surface area contributed by atoms with Crippen LogP contribution in [0.4, 0.5) is 0 Å². The summed E-state index contributed by atoms with van der Waals surface area (Å²) in [4.78, 5) is 23.2. The molecular formula is C15H14IN3O3. The molecule has 7 heteroatoms. The van der Waals surface area contributed by atoms with Gasteiger partial charge in [0.05, 0.1) is 18.5 Å². The van der Waals surface area contributed by atoms with Crippen LogP contribution in [0.2, 0.25) is 0 Å². The third-order valence-electron chi connectivity index (χ3n) is 2.80. The van der Waals surface area contributed by atoms with Gasteiger partial charge in [0.15, 0.2) is 0 Å². The number of hydrogen-bond donors (Lipinski definition) is 2. The van der Waals surface area contributed by atoms with E-state index in [0.29, 0.717) is 11.5 Å². The monoisotopic (exact) mass is 411 g/mol. The molecule has 2 aromatic rings. The average Bonchev–Trinajstić information content (AvgIpc) is 3.04. The summed E-state index contributed by atoms with van der Waals surface area (Å²) in [6.45, 7) is 1.91. The Morgan fingerprint density at radius 3 is 2.55 bits per heavy atom. The number of furan rings is 1. The molecule has 114 valence electrons. The number of hydrogen-bond acceptors (Lipinski definition) is 4. The van der Waals surface area contributed by atoms with Crippen molar-refractivity contribution in [1.29, 1.82) is 0 Å². The molecule has 0 saturated carbocycles. The maximum Gasteiger partial charge on any atom is 0.329 e. The molecule has 22 heavy (non-hydrogen) atoms. The molecule has 1 heterocycles. The topological polar surface area (TPSA) is 83.7 Å². The third kappa shape index (κ3) is 4.69. The van der Waals surface area contributed by atoms with Crippen molar-refractivity contribution in [3.8, 4) is 0 Å². The van der Waals surface area contributed by atoms with Gasteiger partial charge in [0.25, 0.3) is 0 Å². The Kier molecular flexibility index (Phi) is 5.70. The fourth-order valence-corrected chi connectivity index (χ4v) is 1.96. The lowest BCUT2D eigenvalue weighted by atomic mass is 10.1. The Morgan fingerprint density at radius 1 is 1.18 bits per heavy atom. The molecule has 0 atom stereocenters. The normalized spacial score (nSPS) is 11.1. The van der Waals surface area contributed by atoms with E-state index in [-0.39, 0.29) is 6.54 Å². The first-order chi connectivity index (χ1) is 10.6. The van der Waals surface area contributed by atoms with Crippen molar-refractivity contribution in [1.82, 2.24) is 10.7 Å². The van der Waals surface area contributed by atoms with Gasteiger partial charge in [0.1, 0.15) is 5.76 Å². The number of halogens is 1. The number of amides is 2. The minimum absolute atomic E-state index is 0.152. The molecule has 0 aliphatic rings. The summed E-state index contributed by atoms with van der Waals surface area (Å²) < 4.78 is 6.16. The maximum atomic E-state index is 11.6. The van der Waals surface area contributed by atoms with Gasteiger partial charge in [-0.1, -0.05) is 12.1 Å². The fourth-order valence-electron chi connectivity index (χ4n) is 1.60. The van der Waals surface area contributed by atoms with Crippen LogP contribution in [0, 0.1) is 3.57 Å². The zero-order valence-electron chi connectivity index (χ0n) is 11.8. The van der Waals surface area contributed by atoms with Crippen molar-refractivity contribution in [2.24, 2.45) is 5.10 Å². The molecule has 2 N–H and O–H groups in total. The van der Waals surface area contributed by atoms with E-state index in [9.17, 15) is 9.59 Å².